The molecule has 0 saturated heterocycles. The largest absolute Gasteiger partial charge is 0.491 e. The molecule has 0 radical (unpaired) electrons. The lowest BCUT2D eigenvalue weighted by atomic mass is 10.2. The van der Waals surface area contributed by atoms with Crippen LogP contribution in [-0.2, 0) is 0 Å². The third kappa shape index (κ3) is 4.21. The number of aryl methyl sites for hydroxylation is 1. The SMILES string of the molecule is Cc1ccc(OC[C@@H](O)CSc2ncnc3ccccc23)cc1. The molecule has 0 spiro atoms. The zero-order chi connectivity index (χ0) is 16.1. The van der Waals surface area contributed by atoms with Crippen molar-refractivity contribution in [3.05, 3.63) is 60.4 Å². The minimum absolute atomic E-state index is 0.263. The van der Waals surface area contributed by atoms with Gasteiger partial charge in [0.2, 0.25) is 0 Å². The molecule has 0 unspecified atom stereocenters. The lowest BCUT2D eigenvalue weighted by Gasteiger charge is -2.12. The van der Waals surface area contributed by atoms with Crippen LogP contribution in [0.2, 0.25) is 0 Å². The van der Waals surface area contributed by atoms with Crippen LogP contribution in [0.25, 0.3) is 10.9 Å². The first-order valence-electron chi connectivity index (χ1n) is 7.42. The van der Waals surface area contributed by atoms with Gasteiger partial charge in [-0.3, -0.25) is 0 Å². The van der Waals surface area contributed by atoms with Gasteiger partial charge in [0.1, 0.15) is 23.7 Å². The van der Waals surface area contributed by atoms with E-state index in [0.717, 1.165) is 21.7 Å². The number of aromatic nitrogens is 2. The van der Waals surface area contributed by atoms with Crippen molar-refractivity contribution in [2.45, 2.75) is 18.1 Å². The second kappa shape index (κ2) is 7.44. The van der Waals surface area contributed by atoms with Crippen LogP contribution in [0, 0.1) is 6.92 Å². The average molecular weight is 326 g/mol. The standard InChI is InChI=1S/C18H18N2O2S/c1-13-6-8-15(9-7-13)22-10-14(21)11-23-18-16-4-2-3-5-17(16)19-12-20-18/h2-9,12,14,21H,10-11H2,1H3/t14-/m1/s1. The number of para-hydroxylation sites is 1. The first-order valence-corrected chi connectivity index (χ1v) is 8.41. The number of nitrogens with zero attached hydrogens (tertiary/aromatic N) is 2. The van der Waals surface area contributed by atoms with Crippen molar-refractivity contribution < 1.29 is 9.84 Å². The van der Waals surface area contributed by atoms with Crippen molar-refractivity contribution in [1.82, 2.24) is 9.97 Å². The highest BCUT2D eigenvalue weighted by Crippen LogP contribution is 2.24. The molecule has 1 N–H and O–H groups in total. The molecule has 5 heteroatoms. The molecular weight excluding hydrogens is 308 g/mol. The molecule has 2 aromatic carbocycles. The molecule has 0 aliphatic heterocycles. The highest BCUT2D eigenvalue weighted by molar-refractivity contribution is 7.99. The van der Waals surface area contributed by atoms with E-state index in [9.17, 15) is 5.11 Å². The summed E-state index contributed by atoms with van der Waals surface area (Å²) in [7, 11) is 0. The molecule has 1 atom stereocenters. The number of hydrogen-bond donors (Lipinski definition) is 1. The Morgan fingerprint density at radius 2 is 1.87 bits per heavy atom. The average Bonchev–Trinajstić information content (AvgIpc) is 2.59. The summed E-state index contributed by atoms with van der Waals surface area (Å²) in [5.74, 6) is 1.29. The summed E-state index contributed by atoms with van der Waals surface area (Å²) in [4.78, 5) is 8.55. The predicted octanol–water partition coefficient (Wildman–Crippen LogP) is 3.47. The van der Waals surface area contributed by atoms with Crippen molar-refractivity contribution in [2.75, 3.05) is 12.4 Å². The fourth-order valence-electron chi connectivity index (χ4n) is 2.15. The van der Waals surface area contributed by atoms with Crippen LogP contribution in [0.1, 0.15) is 5.56 Å². The molecule has 0 saturated carbocycles. The Morgan fingerprint density at radius 1 is 1.09 bits per heavy atom. The fraction of sp³-hybridized carbons (Fsp3) is 0.222. The maximum atomic E-state index is 10.1. The molecule has 0 amide bonds. The number of aliphatic hydroxyl groups is 1. The maximum absolute atomic E-state index is 10.1. The molecule has 0 aliphatic rings. The van der Waals surface area contributed by atoms with E-state index in [1.807, 2.05) is 55.5 Å². The highest BCUT2D eigenvalue weighted by Gasteiger charge is 2.09. The Bertz CT molecular complexity index is 772. The Balaban J connectivity index is 1.56. The van der Waals surface area contributed by atoms with Gasteiger partial charge in [-0.1, -0.05) is 35.9 Å². The van der Waals surface area contributed by atoms with Gasteiger partial charge >= 0.3 is 0 Å². The van der Waals surface area contributed by atoms with Gasteiger partial charge in [0.25, 0.3) is 0 Å². The van der Waals surface area contributed by atoms with E-state index in [2.05, 4.69) is 9.97 Å². The predicted molar refractivity (Wildman–Crippen MR) is 92.9 cm³/mol. The van der Waals surface area contributed by atoms with Crippen molar-refractivity contribution in [2.24, 2.45) is 0 Å². The minimum Gasteiger partial charge on any atom is -0.491 e. The van der Waals surface area contributed by atoms with Crippen LogP contribution < -0.4 is 4.74 Å². The summed E-state index contributed by atoms with van der Waals surface area (Å²) in [5, 5.41) is 12.0. The number of benzene rings is 2. The summed E-state index contributed by atoms with van der Waals surface area (Å²) < 4.78 is 5.60. The van der Waals surface area contributed by atoms with Gasteiger partial charge in [-0.2, -0.15) is 0 Å². The minimum atomic E-state index is -0.560. The van der Waals surface area contributed by atoms with Gasteiger partial charge in [-0.05, 0) is 25.1 Å². The van der Waals surface area contributed by atoms with Gasteiger partial charge < -0.3 is 9.84 Å². The Labute approximate surface area is 139 Å². The maximum Gasteiger partial charge on any atom is 0.119 e. The molecule has 4 nitrogen and oxygen atoms in total. The third-order valence-corrected chi connectivity index (χ3v) is 4.53. The molecule has 23 heavy (non-hydrogen) atoms. The molecular formula is C18H18N2O2S. The molecule has 0 bridgehead atoms. The normalized spacial score (nSPS) is 12.3. The van der Waals surface area contributed by atoms with Crippen LogP contribution in [0.15, 0.2) is 59.9 Å². The molecule has 3 rings (SSSR count). The molecule has 1 aromatic heterocycles. The number of fused-ring (bicyclic) bond motifs is 1. The topological polar surface area (TPSA) is 55.2 Å². The summed E-state index contributed by atoms with van der Waals surface area (Å²) in [6.07, 6.45) is 0.995. The second-order valence-corrected chi connectivity index (χ2v) is 6.29. The number of thioether (sulfide) groups is 1. The number of ether oxygens (including phenoxy) is 1. The van der Waals surface area contributed by atoms with Crippen molar-refractivity contribution in [3.63, 3.8) is 0 Å². The first kappa shape index (κ1) is 15.8. The molecule has 0 aliphatic carbocycles. The van der Waals surface area contributed by atoms with Gasteiger partial charge in [0, 0.05) is 11.1 Å². The quantitative estimate of drug-likeness (QED) is 0.555. The van der Waals surface area contributed by atoms with E-state index in [1.54, 1.807) is 6.33 Å². The van der Waals surface area contributed by atoms with Gasteiger partial charge in [-0.25, -0.2) is 9.97 Å². The molecule has 1 heterocycles. The fourth-order valence-corrected chi connectivity index (χ4v) is 3.04. The third-order valence-electron chi connectivity index (χ3n) is 3.38. The van der Waals surface area contributed by atoms with Crippen LogP contribution in [0.3, 0.4) is 0 Å². The Kier molecular flexibility index (Phi) is 5.10. The van der Waals surface area contributed by atoms with Crippen molar-refractivity contribution in [3.8, 4) is 5.75 Å². The monoisotopic (exact) mass is 326 g/mol. The smallest absolute Gasteiger partial charge is 0.119 e. The summed E-state index contributed by atoms with van der Waals surface area (Å²) in [5.41, 5.74) is 2.10. The summed E-state index contributed by atoms with van der Waals surface area (Å²) in [6.45, 7) is 2.29. The number of rotatable bonds is 6. The van der Waals surface area contributed by atoms with Crippen molar-refractivity contribution >= 4 is 22.7 Å². The van der Waals surface area contributed by atoms with Gasteiger partial charge in [0.15, 0.2) is 0 Å². The Morgan fingerprint density at radius 3 is 2.70 bits per heavy atom. The van der Waals surface area contributed by atoms with E-state index in [0.29, 0.717) is 5.75 Å². The van der Waals surface area contributed by atoms with Gasteiger partial charge in [-0.15, -0.1) is 11.8 Å². The Hall–Kier alpha value is -2.11. The van der Waals surface area contributed by atoms with Gasteiger partial charge in [0.05, 0.1) is 11.6 Å². The van der Waals surface area contributed by atoms with E-state index < -0.39 is 6.10 Å². The van der Waals surface area contributed by atoms with E-state index in [4.69, 9.17) is 4.74 Å². The lowest BCUT2D eigenvalue weighted by molar-refractivity contribution is 0.126. The van der Waals surface area contributed by atoms with E-state index in [-0.39, 0.29) is 6.61 Å². The number of aliphatic hydroxyl groups excluding tert-OH is 1. The van der Waals surface area contributed by atoms with Crippen LogP contribution in [0.5, 0.6) is 5.75 Å². The summed E-state index contributed by atoms with van der Waals surface area (Å²) in [6, 6.07) is 15.7. The van der Waals surface area contributed by atoms with Crippen LogP contribution in [0.4, 0.5) is 0 Å². The van der Waals surface area contributed by atoms with Crippen LogP contribution >= 0.6 is 11.8 Å². The zero-order valence-electron chi connectivity index (χ0n) is 12.8. The molecule has 0 fully saturated rings. The highest BCUT2D eigenvalue weighted by atomic mass is 32.2. The van der Waals surface area contributed by atoms with E-state index in [1.165, 1.54) is 17.3 Å². The lowest BCUT2D eigenvalue weighted by Crippen LogP contribution is -2.20. The van der Waals surface area contributed by atoms with Crippen LogP contribution in [-0.4, -0.2) is 33.5 Å². The number of hydrogen-bond acceptors (Lipinski definition) is 5. The van der Waals surface area contributed by atoms with E-state index >= 15 is 0 Å². The first-order chi connectivity index (χ1) is 11.2. The second-order valence-electron chi connectivity index (χ2n) is 5.28. The molecule has 3 aromatic rings. The van der Waals surface area contributed by atoms with Crippen molar-refractivity contribution in [1.29, 1.82) is 0 Å². The molecule has 118 valence electrons. The zero-order valence-corrected chi connectivity index (χ0v) is 13.7. The summed E-state index contributed by atoms with van der Waals surface area (Å²) >= 11 is 1.51.